The molecule has 3 fully saturated rings. The maximum absolute atomic E-state index is 13.1. The van der Waals surface area contributed by atoms with Crippen LogP contribution < -0.4 is 5.32 Å². The van der Waals surface area contributed by atoms with Crippen molar-refractivity contribution >= 4 is 17.7 Å². The first kappa shape index (κ1) is 14.7. The molecule has 1 spiro atoms. The van der Waals surface area contributed by atoms with Gasteiger partial charge >= 0.3 is 0 Å². The smallest absolute Gasteiger partial charge is 0.244 e. The summed E-state index contributed by atoms with van der Waals surface area (Å²) in [4.78, 5) is 15.4. The van der Waals surface area contributed by atoms with Crippen LogP contribution in [-0.2, 0) is 4.79 Å². The summed E-state index contributed by atoms with van der Waals surface area (Å²) in [6, 6.07) is 0.456. The Morgan fingerprint density at radius 2 is 1.95 bits per heavy atom. The van der Waals surface area contributed by atoms with E-state index in [-0.39, 0.29) is 11.7 Å². The predicted octanol–water partition coefficient (Wildman–Crippen LogP) is 3.00. The van der Waals surface area contributed by atoms with Crippen LogP contribution in [0.25, 0.3) is 0 Å². The van der Waals surface area contributed by atoms with Gasteiger partial charge in [0.25, 0.3) is 0 Å². The molecule has 2 saturated carbocycles. The quantitative estimate of drug-likeness (QED) is 0.869. The third kappa shape index (κ3) is 2.19. The summed E-state index contributed by atoms with van der Waals surface area (Å²) in [7, 11) is 0. The lowest BCUT2D eigenvalue weighted by Crippen LogP contribution is -2.49. The van der Waals surface area contributed by atoms with E-state index in [0.29, 0.717) is 23.1 Å². The minimum absolute atomic E-state index is 0.208. The maximum Gasteiger partial charge on any atom is 0.244 e. The molecule has 3 rings (SSSR count). The molecule has 2 aliphatic carbocycles. The number of amides is 1. The van der Waals surface area contributed by atoms with Gasteiger partial charge in [0.15, 0.2) is 0 Å². The van der Waals surface area contributed by atoms with Crippen LogP contribution in [0.2, 0.25) is 0 Å². The SMILES string of the molecule is CSC1CCCC1N1C(=O)C2(CCCC2)NC1C(C)C. The van der Waals surface area contributed by atoms with Gasteiger partial charge in [-0.05, 0) is 37.9 Å². The van der Waals surface area contributed by atoms with E-state index >= 15 is 0 Å². The highest BCUT2D eigenvalue weighted by atomic mass is 32.2. The van der Waals surface area contributed by atoms with Crippen LogP contribution in [0.15, 0.2) is 0 Å². The molecule has 1 aliphatic heterocycles. The molecule has 0 bridgehead atoms. The summed E-state index contributed by atoms with van der Waals surface area (Å²) in [6.45, 7) is 4.49. The second kappa shape index (κ2) is 5.53. The fourth-order valence-corrected chi connectivity index (χ4v) is 5.45. The van der Waals surface area contributed by atoms with Crippen molar-refractivity contribution in [3.05, 3.63) is 0 Å². The lowest BCUT2D eigenvalue weighted by Gasteiger charge is -2.35. The molecule has 0 radical (unpaired) electrons. The molecule has 3 nitrogen and oxygen atoms in total. The third-order valence-corrected chi connectivity index (χ3v) is 6.69. The summed E-state index contributed by atoms with van der Waals surface area (Å²) in [6.07, 6.45) is 10.7. The summed E-state index contributed by atoms with van der Waals surface area (Å²) in [5.74, 6) is 0.904. The zero-order valence-corrected chi connectivity index (χ0v) is 13.8. The first-order valence-electron chi connectivity index (χ1n) is 8.22. The largest absolute Gasteiger partial charge is 0.321 e. The van der Waals surface area contributed by atoms with Gasteiger partial charge in [-0.1, -0.05) is 33.1 Å². The number of carbonyl (C=O) groups excluding carboxylic acids is 1. The lowest BCUT2D eigenvalue weighted by atomic mass is 9.97. The van der Waals surface area contributed by atoms with Crippen LogP contribution in [0.5, 0.6) is 0 Å². The molecule has 1 N–H and O–H groups in total. The van der Waals surface area contributed by atoms with Gasteiger partial charge in [0.2, 0.25) is 5.91 Å². The first-order valence-corrected chi connectivity index (χ1v) is 9.51. The van der Waals surface area contributed by atoms with Gasteiger partial charge in [0, 0.05) is 11.3 Å². The fraction of sp³-hybridized carbons (Fsp3) is 0.938. The Bertz CT molecular complexity index is 379. The minimum Gasteiger partial charge on any atom is -0.321 e. The van der Waals surface area contributed by atoms with E-state index in [1.807, 2.05) is 11.8 Å². The molecule has 0 aromatic rings. The van der Waals surface area contributed by atoms with Gasteiger partial charge in [0.1, 0.15) is 0 Å². The summed E-state index contributed by atoms with van der Waals surface area (Å²) in [5, 5.41) is 4.39. The molecule has 0 aromatic carbocycles. The molecule has 1 saturated heterocycles. The van der Waals surface area contributed by atoms with Crippen LogP contribution in [0.3, 0.4) is 0 Å². The summed E-state index contributed by atoms with van der Waals surface area (Å²) in [5.41, 5.74) is -0.208. The normalized spacial score (nSPS) is 36.7. The molecule has 0 aromatic heterocycles. The first-order chi connectivity index (χ1) is 9.59. The van der Waals surface area contributed by atoms with Crippen molar-refractivity contribution in [2.24, 2.45) is 5.92 Å². The number of rotatable bonds is 3. The number of hydrogen-bond donors (Lipinski definition) is 1. The molecule has 1 amide bonds. The van der Waals surface area contributed by atoms with E-state index in [4.69, 9.17) is 0 Å². The van der Waals surface area contributed by atoms with Gasteiger partial charge < -0.3 is 4.90 Å². The van der Waals surface area contributed by atoms with Gasteiger partial charge in [0.05, 0.1) is 11.7 Å². The Labute approximate surface area is 127 Å². The van der Waals surface area contributed by atoms with Crippen molar-refractivity contribution in [2.45, 2.75) is 81.8 Å². The average molecular weight is 296 g/mol. The van der Waals surface area contributed by atoms with E-state index < -0.39 is 0 Å². The molecule has 3 unspecified atom stereocenters. The molecule has 3 atom stereocenters. The van der Waals surface area contributed by atoms with Crippen LogP contribution in [0.4, 0.5) is 0 Å². The Hall–Kier alpha value is -0.220. The second-order valence-electron chi connectivity index (χ2n) is 7.11. The number of nitrogens with one attached hydrogen (secondary N) is 1. The fourth-order valence-electron chi connectivity index (χ4n) is 4.47. The lowest BCUT2D eigenvalue weighted by molar-refractivity contribution is -0.135. The Morgan fingerprint density at radius 1 is 1.25 bits per heavy atom. The Kier molecular flexibility index (Phi) is 4.06. The van der Waals surface area contributed by atoms with Crippen molar-refractivity contribution in [3.8, 4) is 0 Å². The highest BCUT2D eigenvalue weighted by molar-refractivity contribution is 7.99. The molecule has 114 valence electrons. The van der Waals surface area contributed by atoms with Gasteiger partial charge in [-0.3, -0.25) is 10.1 Å². The second-order valence-corrected chi connectivity index (χ2v) is 8.18. The minimum atomic E-state index is -0.208. The van der Waals surface area contributed by atoms with Crippen molar-refractivity contribution in [2.75, 3.05) is 6.26 Å². The summed E-state index contributed by atoms with van der Waals surface area (Å²) >= 11 is 1.95. The molecular weight excluding hydrogens is 268 g/mol. The maximum atomic E-state index is 13.1. The van der Waals surface area contributed by atoms with Crippen LogP contribution in [0.1, 0.15) is 58.8 Å². The number of carbonyl (C=O) groups is 1. The molecule has 20 heavy (non-hydrogen) atoms. The van der Waals surface area contributed by atoms with Gasteiger partial charge in [-0.2, -0.15) is 11.8 Å². The zero-order valence-electron chi connectivity index (χ0n) is 13.0. The predicted molar refractivity (Wildman–Crippen MR) is 84.7 cm³/mol. The van der Waals surface area contributed by atoms with Crippen molar-refractivity contribution in [1.82, 2.24) is 10.2 Å². The van der Waals surface area contributed by atoms with Crippen LogP contribution in [0, 0.1) is 5.92 Å². The van der Waals surface area contributed by atoms with Crippen LogP contribution >= 0.6 is 11.8 Å². The van der Waals surface area contributed by atoms with Crippen molar-refractivity contribution in [3.63, 3.8) is 0 Å². The standard InChI is InChI=1S/C16H28N2OS/c1-11(2)14-17-16(9-4-5-10-16)15(19)18(14)12-7-6-8-13(12)20-3/h11-14,17H,4-10H2,1-3H3. The summed E-state index contributed by atoms with van der Waals surface area (Å²) < 4.78 is 0. The number of nitrogens with zero attached hydrogens (tertiary/aromatic N) is 1. The topological polar surface area (TPSA) is 32.3 Å². The number of thioether (sulfide) groups is 1. The van der Waals surface area contributed by atoms with Crippen molar-refractivity contribution < 1.29 is 4.79 Å². The van der Waals surface area contributed by atoms with E-state index in [1.165, 1.54) is 32.1 Å². The highest BCUT2D eigenvalue weighted by Crippen LogP contribution is 2.42. The Balaban J connectivity index is 1.88. The molecule has 4 heteroatoms. The van der Waals surface area contributed by atoms with E-state index in [1.54, 1.807) is 0 Å². The third-order valence-electron chi connectivity index (χ3n) is 5.53. The molecule has 3 aliphatic rings. The van der Waals surface area contributed by atoms with Gasteiger partial charge in [-0.25, -0.2) is 0 Å². The Morgan fingerprint density at radius 3 is 2.55 bits per heavy atom. The van der Waals surface area contributed by atoms with Crippen molar-refractivity contribution in [1.29, 1.82) is 0 Å². The molecular formula is C16H28N2OS. The number of hydrogen-bond acceptors (Lipinski definition) is 3. The van der Waals surface area contributed by atoms with E-state index in [9.17, 15) is 4.79 Å². The zero-order chi connectivity index (χ0) is 14.3. The monoisotopic (exact) mass is 296 g/mol. The van der Waals surface area contributed by atoms with E-state index in [2.05, 4.69) is 30.3 Å². The average Bonchev–Trinajstić information content (AvgIpc) is 3.11. The van der Waals surface area contributed by atoms with Gasteiger partial charge in [-0.15, -0.1) is 0 Å². The van der Waals surface area contributed by atoms with E-state index in [0.717, 1.165) is 12.8 Å². The molecule has 1 heterocycles. The highest BCUT2D eigenvalue weighted by Gasteiger charge is 2.55. The van der Waals surface area contributed by atoms with Crippen LogP contribution in [-0.4, -0.2) is 40.1 Å².